The molecule has 0 radical (unpaired) electrons. The first-order chi connectivity index (χ1) is 3.81. The van der Waals surface area contributed by atoms with Gasteiger partial charge in [-0.3, -0.25) is 5.41 Å². The van der Waals surface area contributed by atoms with Gasteiger partial charge in [0.2, 0.25) is 5.90 Å². The molecule has 0 heterocycles. The van der Waals surface area contributed by atoms with E-state index in [-0.39, 0.29) is 5.90 Å². The second kappa shape index (κ2) is 4.18. The molecule has 8 heavy (non-hydrogen) atoms. The van der Waals surface area contributed by atoms with Crippen LogP contribution in [0.3, 0.4) is 0 Å². The van der Waals surface area contributed by atoms with Crippen LogP contribution in [-0.4, -0.2) is 20.1 Å². The van der Waals surface area contributed by atoms with Gasteiger partial charge in [-0.05, 0) is 0 Å². The van der Waals surface area contributed by atoms with Gasteiger partial charge in [-0.1, -0.05) is 0 Å². The number of nitrogens with one attached hydrogen (secondary N) is 2. The molecule has 0 fully saturated rings. The highest BCUT2D eigenvalue weighted by atomic mass is 16.5. The van der Waals surface area contributed by atoms with Crippen LogP contribution in [-0.2, 0) is 4.74 Å². The standard InChI is InChI=1S/C5H10N2O/c1-7-4-3-5(6)8-2/h3-4,6-7H,1-2H3/b4-3-,6-5?. The van der Waals surface area contributed by atoms with Crippen molar-refractivity contribution in [1.82, 2.24) is 5.32 Å². The topological polar surface area (TPSA) is 45.1 Å². The first-order valence-corrected chi connectivity index (χ1v) is 2.27. The molecule has 2 N–H and O–H groups in total. The maximum atomic E-state index is 6.89. The summed E-state index contributed by atoms with van der Waals surface area (Å²) in [4.78, 5) is 0. The average Bonchev–Trinajstić information content (AvgIpc) is 1.83. The number of hydrogen-bond acceptors (Lipinski definition) is 3. The summed E-state index contributed by atoms with van der Waals surface area (Å²) in [5, 5.41) is 9.62. The molecule has 0 atom stereocenters. The van der Waals surface area contributed by atoms with E-state index in [0.717, 1.165) is 0 Å². The minimum absolute atomic E-state index is 0.152. The maximum Gasteiger partial charge on any atom is 0.206 e. The third kappa shape index (κ3) is 3.21. The van der Waals surface area contributed by atoms with Crippen molar-refractivity contribution >= 4 is 5.90 Å². The van der Waals surface area contributed by atoms with Crippen LogP contribution in [0.2, 0.25) is 0 Å². The zero-order valence-electron chi connectivity index (χ0n) is 5.06. The molecule has 0 aliphatic rings. The van der Waals surface area contributed by atoms with E-state index in [1.165, 1.54) is 13.2 Å². The summed E-state index contributed by atoms with van der Waals surface area (Å²) in [7, 11) is 3.22. The molecule has 0 rings (SSSR count). The zero-order valence-corrected chi connectivity index (χ0v) is 5.06. The van der Waals surface area contributed by atoms with E-state index in [4.69, 9.17) is 5.41 Å². The van der Waals surface area contributed by atoms with Crippen LogP contribution in [0.4, 0.5) is 0 Å². The molecule has 0 aromatic heterocycles. The van der Waals surface area contributed by atoms with E-state index < -0.39 is 0 Å². The summed E-state index contributed by atoms with van der Waals surface area (Å²) in [6.07, 6.45) is 3.16. The molecule has 0 unspecified atom stereocenters. The highest BCUT2D eigenvalue weighted by molar-refractivity contribution is 5.84. The Hall–Kier alpha value is -0.990. The first kappa shape index (κ1) is 7.01. The monoisotopic (exact) mass is 114 g/mol. The Morgan fingerprint density at radius 3 is 2.75 bits per heavy atom. The summed E-state index contributed by atoms with van der Waals surface area (Å²) in [5.74, 6) is 0.152. The molecule has 0 aliphatic heterocycles. The number of rotatable bonds is 2. The fourth-order valence-electron chi connectivity index (χ4n) is 0.227. The highest BCUT2D eigenvalue weighted by Crippen LogP contribution is 1.73. The van der Waals surface area contributed by atoms with Crippen molar-refractivity contribution in [3.8, 4) is 0 Å². The molecule has 0 aromatic rings. The largest absolute Gasteiger partial charge is 0.481 e. The highest BCUT2D eigenvalue weighted by Gasteiger charge is 1.79. The normalized spacial score (nSPS) is 9.25. The summed E-state index contributed by atoms with van der Waals surface area (Å²) < 4.78 is 4.51. The van der Waals surface area contributed by atoms with Crippen LogP contribution in [0.25, 0.3) is 0 Å². The zero-order chi connectivity index (χ0) is 6.41. The Morgan fingerprint density at radius 2 is 2.38 bits per heavy atom. The molecule has 0 saturated carbocycles. The molecular weight excluding hydrogens is 104 g/mol. The second-order valence-corrected chi connectivity index (χ2v) is 1.19. The van der Waals surface area contributed by atoms with Crippen molar-refractivity contribution in [2.75, 3.05) is 14.2 Å². The maximum absolute atomic E-state index is 6.89. The lowest BCUT2D eigenvalue weighted by Gasteiger charge is -1.91. The van der Waals surface area contributed by atoms with Gasteiger partial charge in [0, 0.05) is 19.3 Å². The van der Waals surface area contributed by atoms with Crippen LogP contribution in [0.5, 0.6) is 0 Å². The van der Waals surface area contributed by atoms with E-state index in [9.17, 15) is 0 Å². The van der Waals surface area contributed by atoms with E-state index >= 15 is 0 Å². The van der Waals surface area contributed by atoms with Crippen molar-refractivity contribution < 1.29 is 4.74 Å². The van der Waals surface area contributed by atoms with Gasteiger partial charge in [0.05, 0.1) is 7.11 Å². The quantitative estimate of drug-likeness (QED) is 0.401. The van der Waals surface area contributed by atoms with Crippen molar-refractivity contribution in [2.24, 2.45) is 0 Å². The fraction of sp³-hybridized carbons (Fsp3) is 0.400. The van der Waals surface area contributed by atoms with E-state index in [2.05, 4.69) is 10.1 Å². The Balaban J connectivity index is 3.37. The molecule has 3 nitrogen and oxygen atoms in total. The molecule has 0 spiro atoms. The second-order valence-electron chi connectivity index (χ2n) is 1.19. The lowest BCUT2D eigenvalue weighted by atomic mass is 10.6. The smallest absolute Gasteiger partial charge is 0.206 e. The molecule has 0 aliphatic carbocycles. The third-order valence-electron chi connectivity index (χ3n) is 0.621. The Kier molecular flexibility index (Phi) is 3.66. The van der Waals surface area contributed by atoms with Crippen molar-refractivity contribution in [1.29, 1.82) is 5.41 Å². The Bertz CT molecular complexity index is 98.6. The lowest BCUT2D eigenvalue weighted by molar-refractivity contribution is 0.403. The van der Waals surface area contributed by atoms with E-state index in [1.807, 2.05) is 0 Å². The summed E-state index contributed by atoms with van der Waals surface area (Å²) in [5.41, 5.74) is 0. The van der Waals surface area contributed by atoms with Gasteiger partial charge in [-0.25, -0.2) is 0 Å². The molecule has 0 bridgehead atoms. The van der Waals surface area contributed by atoms with Crippen molar-refractivity contribution in [3.63, 3.8) is 0 Å². The molecule has 0 amide bonds. The van der Waals surface area contributed by atoms with Crippen LogP contribution < -0.4 is 5.32 Å². The molecule has 0 saturated heterocycles. The first-order valence-electron chi connectivity index (χ1n) is 2.27. The van der Waals surface area contributed by atoms with Gasteiger partial charge in [-0.2, -0.15) is 0 Å². The van der Waals surface area contributed by atoms with Crippen LogP contribution in [0.1, 0.15) is 0 Å². The van der Waals surface area contributed by atoms with E-state index in [1.54, 1.807) is 13.2 Å². The minimum atomic E-state index is 0.152. The molecule has 0 aromatic carbocycles. The van der Waals surface area contributed by atoms with Gasteiger partial charge < -0.3 is 10.1 Å². The van der Waals surface area contributed by atoms with Crippen LogP contribution in [0.15, 0.2) is 12.3 Å². The summed E-state index contributed by atoms with van der Waals surface area (Å²) >= 11 is 0. The summed E-state index contributed by atoms with van der Waals surface area (Å²) in [6.45, 7) is 0. The lowest BCUT2D eigenvalue weighted by Crippen LogP contribution is -1.97. The predicted octanol–water partition coefficient (Wildman–Crippen LogP) is 0.343. The predicted molar refractivity (Wildman–Crippen MR) is 32.9 cm³/mol. The fourth-order valence-corrected chi connectivity index (χ4v) is 0.227. The SMILES string of the molecule is CN/C=C\C(=N)OC. The minimum Gasteiger partial charge on any atom is -0.481 e. The number of methoxy groups -OCH3 is 1. The molecule has 3 heteroatoms. The molecular formula is C5H10N2O. The van der Waals surface area contributed by atoms with Crippen LogP contribution in [0, 0.1) is 5.41 Å². The van der Waals surface area contributed by atoms with Gasteiger partial charge in [0.25, 0.3) is 0 Å². The van der Waals surface area contributed by atoms with Crippen LogP contribution >= 0.6 is 0 Å². The van der Waals surface area contributed by atoms with E-state index in [0.29, 0.717) is 0 Å². The summed E-state index contributed by atoms with van der Waals surface area (Å²) in [6, 6.07) is 0. The van der Waals surface area contributed by atoms with Gasteiger partial charge >= 0.3 is 0 Å². The van der Waals surface area contributed by atoms with Gasteiger partial charge in [0.15, 0.2) is 0 Å². The number of ether oxygens (including phenoxy) is 1. The molecule has 46 valence electrons. The third-order valence-corrected chi connectivity index (χ3v) is 0.621. The average molecular weight is 114 g/mol. The van der Waals surface area contributed by atoms with Crippen molar-refractivity contribution in [2.45, 2.75) is 0 Å². The Labute approximate surface area is 48.9 Å². The van der Waals surface area contributed by atoms with Gasteiger partial charge in [0.1, 0.15) is 0 Å². The Morgan fingerprint density at radius 1 is 1.75 bits per heavy atom. The van der Waals surface area contributed by atoms with Crippen molar-refractivity contribution in [3.05, 3.63) is 12.3 Å². The van der Waals surface area contributed by atoms with Gasteiger partial charge in [-0.15, -0.1) is 0 Å². The number of hydrogen-bond donors (Lipinski definition) is 2.